The second-order valence-electron chi connectivity index (χ2n) is 3.27. The summed E-state index contributed by atoms with van der Waals surface area (Å²) in [4.78, 5) is 6.72. The monoisotopic (exact) mass is 217 g/mol. The van der Waals surface area contributed by atoms with Crippen LogP contribution in [0.2, 0.25) is 0 Å². The molecule has 0 radical (unpaired) electrons. The molecule has 0 aliphatic rings. The van der Waals surface area contributed by atoms with Crippen molar-refractivity contribution in [2.45, 2.75) is 11.8 Å². The summed E-state index contributed by atoms with van der Waals surface area (Å²) in [6.45, 7) is -0.192. The molecule has 1 atom stereocenters. The maximum Gasteiger partial charge on any atom is 0.107 e. The summed E-state index contributed by atoms with van der Waals surface area (Å²) in [5, 5.41) is 21.6. The number of hydrogen-bond acceptors (Lipinski definition) is 4. The minimum Gasteiger partial charge on any atom is -0.396 e. The number of pyridine rings is 1. The van der Waals surface area contributed by atoms with Crippen molar-refractivity contribution in [1.82, 2.24) is 4.98 Å². The highest BCUT2D eigenvalue weighted by molar-refractivity contribution is 5.27. The lowest BCUT2D eigenvalue weighted by molar-refractivity contribution is 0.258. The van der Waals surface area contributed by atoms with Crippen molar-refractivity contribution in [3.05, 3.63) is 40.5 Å². The summed E-state index contributed by atoms with van der Waals surface area (Å²) < 4.78 is 0. The minimum absolute atomic E-state index is 0.0302. The summed E-state index contributed by atoms with van der Waals surface area (Å²) in [5.74, 6) is 0. The molecule has 82 valence electrons. The predicted molar refractivity (Wildman–Crippen MR) is 57.2 cm³/mol. The highest BCUT2D eigenvalue weighted by atomic mass is 16.3. The number of rotatable bonds is 5. The highest BCUT2D eigenvalue weighted by Crippen LogP contribution is 2.26. The Labute approximate surface area is 92.8 Å². The lowest BCUT2D eigenvalue weighted by atomic mass is 9.82. The Kier molecular flexibility index (Phi) is 4.28. The van der Waals surface area contributed by atoms with Crippen LogP contribution in [0.4, 0.5) is 0 Å². The van der Waals surface area contributed by atoms with Crippen LogP contribution in [0, 0.1) is 11.3 Å². The molecule has 16 heavy (non-hydrogen) atoms. The van der Waals surface area contributed by atoms with Gasteiger partial charge in [0.05, 0.1) is 18.3 Å². The van der Waals surface area contributed by atoms with Crippen LogP contribution in [0.25, 0.3) is 10.4 Å². The molecule has 0 saturated carbocycles. The van der Waals surface area contributed by atoms with Crippen molar-refractivity contribution in [1.29, 1.82) is 5.26 Å². The molecular formula is C10H11N5O. The number of aliphatic hydroxyl groups excluding tert-OH is 1. The van der Waals surface area contributed by atoms with Crippen molar-refractivity contribution >= 4 is 0 Å². The van der Waals surface area contributed by atoms with Crippen molar-refractivity contribution < 1.29 is 5.11 Å². The third-order valence-corrected chi connectivity index (χ3v) is 2.31. The van der Waals surface area contributed by atoms with Crippen LogP contribution < -0.4 is 0 Å². The van der Waals surface area contributed by atoms with E-state index < -0.39 is 5.41 Å². The molecular weight excluding hydrogens is 206 g/mol. The normalized spacial score (nSPS) is 13.2. The molecule has 0 fully saturated rings. The van der Waals surface area contributed by atoms with Gasteiger partial charge in [-0.1, -0.05) is 11.2 Å². The average Bonchev–Trinajstić information content (AvgIpc) is 2.36. The third-order valence-electron chi connectivity index (χ3n) is 2.31. The molecule has 0 amide bonds. The summed E-state index contributed by atoms with van der Waals surface area (Å²) in [6, 6.07) is 7.25. The Morgan fingerprint density at radius 3 is 2.94 bits per heavy atom. The standard InChI is InChI=1S/C10H11N5O/c11-7-10(4-6-16,8-14-15-12)9-3-1-2-5-13-9/h1-3,5,16H,4,6,8H2. The SMILES string of the molecule is N#CC(CCO)(CN=[N+]=[N-])c1ccccn1. The first kappa shape index (κ1) is 12.0. The van der Waals surface area contributed by atoms with Gasteiger partial charge in [-0.3, -0.25) is 4.98 Å². The van der Waals surface area contributed by atoms with Gasteiger partial charge in [0, 0.05) is 17.7 Å². The van der Waals surface area contributed by atoms with Gasteiger partial charge >= 0.3 is 0 Å². The second-order valence-corrected chi connectivity index (χ2v) is 3.27. The topological polar surface area (TPSA) is 106 Å². The van der Waals surface area contributed by atoms with Crippen molar-refractivity contribution in [2.75, 3.05) is 13.2 Å². The molecule has 1 N–H and O–H groups in total. The Morgan fingerprint density at radius 2 is 2.44 bits per heavy atom. The van der Waals surface area contributed by atoms with Crippen molar-refractivity contribution in [3.63, 3.8) is 0 Å². The van der Waals surface area contributed by atoms with E-state index >= 15 is 0 Å². The highest BCUT2D eigenvalue weighted by Gasteiger charge is 2.32. The number of aliphatic hydroxyl groups is 1. The molecule has 1 aromatic rings. The van der Waals surface area contributed by atoms with Crippen LogP contribution in [0.15, 0.2) is 29.5 Å². The van der Waals surface area contributed by atoms with E-state index in [9.17, 15) is 5.26 Å². The fourth-order valence-corrected chi connectivity index (χ4v) is 1.43. The zero-order valence-corrected chi connectivity index (χ0v) is 8.61. The van der Waals surface area contributed by atoms with E-state index in [1.165, 1.54) is 0 Å². The summed E-state index contributed by atoms with van der Waals surface area (Å²) in [5.41, 5.74) is 7.78. The van der Waals surface area contributed by atoms with E-state index in [2.05, 4.69) is 21.1 Å². The lowest BCUT2D eigenvalue weighted by Crippen LogP contribution is -2.30. The van der Waals surface area contributed by atoms with Crippen LogP contribution in [0.1, 0.15) is 12.1 Å². The van der Waals surface area contributed by atoms with Gasteiger partial charge in [-0.05, 0) is 24.1 Å². The van der Waals surface area contributed by atoms with E-state index in [-0.39, 0.29) is 19.6 Å². The zero-order chi connectivity index (χ0) is 11.9. The molecule has 0 bridgehead atoms. The summed E-state index contributed by atoms with van der Waals surface area (Å²) in [6.07, 6.45) is 1.76. The fourth-order valence-electron chi connectivity index (χ4n) is 1.43. The van der Waals surface area contributed by atoms with E-state index in [1.54, 1.807) is 24.4 Å². The fraction of sp³-hybridized carbons (Fsp3) is 0.400. The molecule has 1 heterocycles. The maximum absolute atomic E-state index is 9.20. The smallest absolute Gasteiger partial charge is 0.107 e. The molecule has 6 nitrogen and oxygen atoms in total. The Hall–Kier alpha value is -2.09. The van der Waals surface area contributed by atoms with Gasteiger partial charge in [0.15, 0.2) is 0 Å². The van der Waals surface area contributed by atoms with Crippen LogP contribution >= 0.6 is 0 Å². The summed E-state index contributed by atoms with van der Waals surface area (Å²) >= 11 is 0. The van der Waals surface area contributed by atoms with Gasteiger partial charge in [-0.2, -0.15) is 5.26 Å². The van der Waals surface area contributed by atoms with Crippen LogP contribution in [0.5, 0.6) is 0 Å². The van der Waals surface area contributed by atoms with Crippen LogP contribution in [-0.2, 0) is 5.41 Å². The van der Waals surface area contributed by atoms with Gasteiger partial charge in [-0.15, -0.1) is 0 Å². The van der Waals surface area contributed by atoms with Gasteiger partial charge in [-0.25, -0.2) is 0 Å². The first-order valence-corrected chi connectivity index (χ1v) is 4.73. The molecule has 6 heteroatoms. The summed E-state index contributed by atoms with van der Waals surface area (Å²) in [7, 11) is 0. The molecule has 0 saturated heterocycles. The van der Waals surface area contributed by atoms with E-state index in [0.717, 1.165) is 0 Å². The Balaban J connectivity index is 3.12. The maximum atomic E-state index is 9.20. The molecule has 0 aliphatic heterocycles. The zero-order valence-electron chi connectivity index (χ0n) is 8.61. The number of hydrogen-bond donors (Lipinski definition) is 1. The lowest BCUT2D eigenvalue weighted by Gasteiger charge is -2.22. The van der Waals surface area contributed by atoms with Crippen LogP contribution in [0.3, 0.4) is 0 Å². The molecule has 1 aromatic heterocycles. The number of nitrogens with zero attached hydrogens (tertiary/aromatic N) is 5. The van der Waals surface area contributed by atoms with E-state index in [0.29, 0.717) is 5.69 Å². The third kappa shape index (κ3) is 2.48. The first-order valence-electron chi connectivity index (χ1n) is 4.73. The predicted octanol–water partition coefficient (Wildman–Crippen LogP) is 1.54. The van der Waals surface area contributed by atoms with Gasteiger partial charge in [0.25, 0.3) is 0 Å². The molecule has 0 aliphatic carbocycles. The van der Waals surface area contributed by atoms with Gasteiger partial charge in [0.2, 0.25) is 0 Å². The van der Waals surface area contributed by atoms with E-state index in [1.807, 2.05) is 0 Å². The number of azide groups is 1. The average molecular weight is 217 g/mol. The molecule has 1 unspecified atom stereocenters. The first-order chi connectivity index (χ1) is 7.79. The van der Waals surface area contributed by atoms with Gasteiger partial charge < -0.3 is 5.11 Å². The van der Waals surface area contributed by atoms with Crippen LogP contribution in [-0.4, -0.2) is 23.2 Å². The van der Waals surface area contributed by atoms with Gasteiger partial charge in [0.1, 0.15) is 5.41 Å². The number of nitriles is 1. The minimum atomic E-state index is -1.04. The van der Waals surface area contributed by atoms with E-state index in [4.69, 9.17) is 10.6 Å². The Morgan fingerprint density at radius 1 is 1.62 bits per heavy atom. The van der Waals surface area contributed by atoms with Crippen molar-refractivity contribution in [3.8, 4) is 6.07 Å². The molecule has 1 rings (SSSR count). The Bertz CT molecular complexity index is 421. The quantitative estimate of drug-likeness (QED) is 0.459. The molecule has 0 aromatic carbocycles. The van der Waals surface area contributed by atoms with Crippen molar-refractivity contribution in [2.24, 2.45) is 5.11 Å². The largest absolute Gasteiger partial charge is 0.396 e. The second kappa shape index (κ2) is 5.71. The molecule has 0 spiro atoms. The number of aromatic nitrogens is 1.